The lowest BCUT2D eigenvalue weighted by Crippen LogP contribution is -2.39. The second kappa shape index (κ2) is 4.78. The molecule has 0 radical (unpaired) electrons. The third-order valence-electron chi connectivity index (χ3n) is 2.47. The maximum atomic E-state index is 12.2. The molecule has 0 atom stereocenters. The summed E-state index contributed by atoms with van der Waals surface area (Å²) in [6, 6.07) is 4.03. The summed E-state index contributed by atoms with van der Waals surface area (Å²) in [6.45, 7) is 4.06. The molecule has 0 aliphatic rings. The Balaban J connectivity index is 2.44. The number of nitrogens with two attached hydrogens (primary N) is 1. The zero-order chi connectivity index (χ0) is 15.1. The van der Waals surface area contributed by atoms with E-state index in [1.165, 1.54) is 18.2 Å². The molecule has 4 nitrogen and oxygen atoms in total. The molecule has 0 amide bonds. The lowest BCUT2D eigenvalue weighted by atomic mass is 10.1. The molecule has 1 aromatic heterocycles. The van der Waals surface area contributed by atoms with Gasteiger partial charge in [-0.05, 0) is 32.0 Å². The molecule has 0 aliphatic heterocycles. The first-order chi connectivity index (χ1) is 9.05. The van der Waals surface area contributed by atoms with Gasteiger partial charge in [-0.2, -0.15) is 0 Å². The number of benzene rings is 1. The summed E-state index contributed by atoms with van der Waals surface area (Å²) in [6.07, 6.45) is -4.72. The number of rotatable bonds is 3. The van der Waals surface area contributed by atoms with Crippen LogP contribution in [-0.4, -0.2) is 16.5 Å². The Bertz CT molecular complexity index is 682. The molecule has 0 bridgehead atoms. The number of hydrogen-bond donors (Lipinski definition) is 2. The second-order valence-electron chi connectivity index (χ2n) is 5.16. The normalized spacial score (nSPS) is 12.9. The van der Waals surface area contributed by atoms with Crippen molar-refractivity contribution in [2.45, 2.75) is 32.3 Å². The lowest BCUT2D eigenvalue weighted by Gasteiger charge is -2.19. The molecule has 0 aliphatic carbocycles. The van der Waals surface area contributed by atoms with Gasteiger partial charge in [0.05, 0.1) is 10.2 Å². The van der Waals surface area contributed by atoms with Crippen LogP contribution < -0.4 is 15.3 Å². The van der Waals surface area contributed by atoms with Crippen molar-refractivity contribution in [3.8, 4) is 5.75 Å². The standard InChI is InChI=1S/C12H14F3N3OS/c1-11(2,17)6-18-8-4-3-7(19-12(13,14)15)5-9(8)20-10(18)16/h3-5,16H,6,17H2,1-2H3. The Morgan fingerprint density at radius 1 is 1.35 bits per heavy atom. The van der Waals surface area contributed by atoms with E-state index in [0.29, 0.717) is 16.8 Å². The van der Waals surface area contributed by atoms with E-state index in [0.717, 1.165) is 11.3 Å². The Hall–Kier alpha value is -1.54. The number of halogens is 3. The summed E-state index contributed by atoms with van der Waals surface area (Å²) < 4.78 is 42.6. The van der Waals surface area contributed by atoms with Crippen molar-refractivity contribution >= 4 is 21.6 Å². The van der Waals surface area contributed by atoms with E-state index in [2.05, 4.69) is 4.74 Å². The van der Waals surface area contributed by atoms with Gasteiger partial charge in [-0.25, -0.2) is 0 Å². The average molecular weight is 305 g/mol. The molecule has 0 fully saturated rings. The number of alkyl halides is 3. The minimum Gasteiger partial charge on any atom is -0.406 e. The molecule has 8 heteroatoms. The van der Waals surface area contributed by atoms with Crippen LogP contribution in [0, 0.1) is 5.41 Å². The van der Waals surface area contributed by atoms with Gasteiger partial charge in [0.15, 0.2) is 4.80 Å². The van der Waals surface area contributed by atoms with E-state index in [1.54, 1.807) is 4.57 Å². The summed E-state index contributed by atoms with van der Waals surface area (Å²) in [7, 11) is 0. The maximum Gasteiger partial charge on any atom is 0.573 e. The van der Waals surface area contributed by atoms with E-state index in [9.17, 15) is 13.2 Å². The molecule has 0 saturated carbocycles. The highest BCUT2D eigenvalue weighted by Gasteiger charge is 2.31. The summed E-state index contributed by atoms with van der Waals surface area (Å²) in [5, 5.41) is 7.89. The smallest absolute Gasteiger partial charge is 0.406 e. The number of hydrogen-bond acceptors (Lipinski definition) is 4. The summed E-state index contributed by atoms with van der Waals surface area (Å²) >= 11 is 1.09. The van der Waals surface area contributed by atoms with Gasteiger partial charge in [-0.3, -0.25) is 5.41 Å². The van der Waals surface area contributed by atoms with Crippen LogP contribution in [0.5, 0.6) is 5.75 Å². The van der Waals surface area contributed by atoms with Crippen LogP contribution in [0.15, 0.2) is 18.2 Å². The minimum atomic E-state index is -4.72. The third kappa shape index (κ3) is 3.51. The molecular weight excluding hydrogens is 291 g/mol. The molecular formula is C12H14F3N3OS. The number of thiazole rings is 1. The first-order valence-corrected chi connectivity index (χ1v) is 6.59. The van der Waals surface area contributed by atoms with Gasteiger partial charge >= 0.3 is 6.36 Å². The number of aromatic nitrogens is 1. The minimum absolute atomic E-state index is 0.239. The molecule has 110 valence electrons. The molecule has 3 N–H and O–H groups in total. The fourth-order valence-electron chi connectivity index (χ4n) is 1.83. The molecule has 2 rings (SSSR count). The number of nitrogens with zero attached hydrogens (tertiary/aromatic N) is 1. The van der Waals surface area contributed by atoms with E-state index in [1.807, 2.05) is 13.8 Å². The van der Waals surface area contributed by atoms with Gasteiger partial charge in [0.1, 0.15) is 5.75 Å². The Morgan fingerprint density at radius 2 is 2.00 bits per heavy atom. The van der Waals surface area contributed by atoms with Crippen LogP contribution in [0.3, 0.4) is 0 Å². The predicted octanol–water partition coefficient (Wildman–Crippen LogP) is 2.82. The van der Waals surface area contributed by atoms with Crippen LogP contribution in [-0.2, 0) is 6.54 Å². The highest BCUT2D eigenvalue weighted by molar-refractivity contribution is 7.16. The van der Waals surface area contributed by atoms with Crippen LogP contribution in [0.4, 0.5) is 13.2 Å². The van der Waals surface area contributed by atoms with Crippen LogP contribution in [0.1, 0.15) is 13.8 Å². The lowest BCUT2D eigenvalue weighted by molar-refractivity contribution is -0.274. The first kappa shape index (κ1) is 14.9. The molecule has 20 heavy (non-hydrogen) atoms. The third-order valence-corrected chi connectivity index (χ3v) is 3.43. The van der Waals surface area contributed by atoms with Gasteiger partial charge in [0, 0.05) is 12.1 Å². The number of nitrogens with one attached hydrogen (secondary N) is 1. The molecule has 1 heterocycles. The van der Waals surface area contributed by atoms with Gasteiger partial charge in [-0.15, -0.1) is 13.2 Å². The van der Waals surface area contributed by atoms with E-state index in [-0.39, 0.29) is 10.6 Å². The van der Waals surface area contributed by atoms with E-state index >= 15 is 0 Å². The van der Waals surface area contributed by atoms with Crippen molar-refractivity contribution in [2.24, 2.45) is 5.73 Å². The van der Waals surface area contributed by atoms with Gasteiger partial charge in [0.2, 0.25) is 0 Å². The quantitative estimate of drug-likeness (QED) is 0.916. The first-order valence-electron chi connectivity index (χ1n) is 5.78. The highest BCUT2D eigenvalue weighted by atomic mass is 32.1. The summed E-state index contributed by atoms with van der Waals surface area (Å²) in [5.41, 5.74) is 6.08. The molecule has 2 aromatic rings. The predicted molar refractivity (Wildman–Crippen MR) is 70.6 cm³/mol. The average Bonchev–Trinajstić information content (AvgIpc) is 2.50. The van der Waals surface area contributed by atoms with Crippen molar-refractivity contribution in [2.75, 3.05) is 0 Å². The number of ether oxygens (including phenoxy) is 1. The van der Waals surface area contributed by atoms with Crippen molar-refractivity contribution in [3.05, 3.63) is 23.0 Å². The van der Waals surface area contributed by atoms with Crippen molar-refractivity contribution < 1.29 is 17.9 Å². The van der Waals surface area contributed by atoms with E-state index < -0.39 is 11.9 Å². The molecule has 0 spiro atoms. The van der Waals surface area contributed by atoms with Crippen LogP contribution in [0.25, 0.3) is 10.2 Å². The maximum absolute atomic E-state index is 12.2. The van der Waals surface area contributed by atoms with Crippen LogP contribution in [0.2, 0.25) is 0 Å². The molecule has 1 aromatic carbocycles. The Kier molecular flexibility index (Phi) is 3.55. The molecule has 0 unspecified atom stereocenters. The molecule has 0 saturated heterocycles. The monoisotopic (exact) mass is 305 g/mol. The van der Waals surface area contributed by atoms with Gasteiger partial charge < -0.3 is 15.0 Å². The number of fused-ring (bicyclic) bond motifs is 1. The SMILES string of the molecule is CC(C)(N)Cn1c(=N)sc2cc(OC(F)(F)F)ccc21. The zero-order valence-electron chi connectivity index (χ0n) is 10.9. The second-order valence-corrected chi connectivity index (χ2v) is 6.19. The fourth-order valence-corrected chi connectivity index (χ4v) is 2.77. The summed E-state index contributed by atoms with van der Waals surface area (Å²) in [4.78, 5) is 0.239. The topological polar surface area (TPSA) is 64.0 Å². The zero-order valence-corrected chi connectivity index (χ0v) is 11.7. The highest BCUT2D eigenvalue weighted by Crippen LogP contribution is 2.28. The van der Waals surface area contributed by atoms with Crippen molar-refractivity contribution in [1.29, 1.82) is 5.41 Å². The fraction of sp³-hybridized carbons (Fsp3) is 0.417. The Labute approximate surface area is 117 Å². The van der Waals surface area contributed by atoms with E-state index in [4.69, 9.17) is 11.1 Å². The van der Waals surface area contributed by atoms with Crippen molar-refractivity contribution in [3.63, 3.8) is 0 Å². The van der Waals surface area contributed by atoms with Gasteiger partial charge in [0.25, 0.3) is 0 Å². The van der Waals surface area contributed by atoms with Gasteiger partial charge in [-0.1, -0.05) is 11.3 Å². The van der Waals surface area contributed by atoms with Crippen LogP contribution >= 0.6 is 11.3 Å². The van der Waals surface area contributed by atoms with Crippen molar-refractivity contribution in [1.82, 2.24) is 4.57 Å². The Morgan fingerprint density at radius 3 is 2.55 bits per heavy atom. The summed E-state index contributed by atoms with van der Waals surface area (Å²) in [5.74, 6) is -0.287. The largest absolute Gasteiger partial charge is 0.573 e.